The Morgan fingerprint density at radius 3 is 2.75 bits per heavy atom. The molecule has 1 saturated heterocycles. The van der Waals surface area contributed by atoms with Crippen molar-refractivity contribution in [1.29, 1.82) is 0 Å². The van der Waals surface area contributed by atoms with E-state index in [-0.39, 0.29) is 39.7 Å². The predicted octanol–water partition coefficient (Wildman–Crippen LogP) is 0.698. The molecule has 2 aliphatic heterocycles. The van der Waals surface area contributed by atoms with Crippen LogP contribution >= 0.6 is 23.1 Å². The molecule has 2 aliphatic rings. The second-order valence-electron chi connectivity index (χ2n) is 5.22. The molecule has 1 aromatic rings. The third-order valence-corrected chi connectivity index (χ3v) is 7.62. The number of rotatable bonds is 6. The summed E-state index contributed by atoms with van der Waals surface area (Å²) in [7, 11) is -3.51. The molecule has 2 atom stereocenters. The molecule has 3 heterocycles. The first-order chi connectivity index (χ1) is 11.3. The molecule has 0 unspecified atom stereocenters. The fraction of sp³-hybridized carbons (Fsp3) is 0.385. The lowest BCUT2D eigenvalue weighted by Gasteiger charge is -2.41. The molecule has 3 rings (SSSR count). The standard InChI is InChI=1S/C13H13NO7S3/c1-24(19,20)13-7(3-5-22-13)21-12-8(11(17)18)14-9(16)6(2-4-15)10(14)23-12/h3,5-6,10,15H,2,4H2,1H3,(H,17,18)/t6-,10+/m0/s1. The lowest BCUT2D eigenvalue weighted by molar-refractivity contribution is -0.152. The van der Waals surface area contributed by atoms with E-state index in [1.165, 1.54) is 11.4 Å². The molecule has 24 heavy (non-hydrogen) atoms. The van der Waals surface area contributed by atoms with Crippen molar-refractivity contribution < 1.29 is 33.0 Å². The molecule has 0 radical (unpaired) electrons. The highest BCUT2D eigenvalue weighted by molar-refractivity contribution is 8.03. The molecular weight excluding hydrogens is 378 g/mol. The Labute approximate surface area is 145 Å². The highest BCUT2D eigenvalue weighted by Crippen LogP contribution is 2.51. The minimum absolute atomic E-state index is 0.00665. The van der Waals surface area contributed by atoms with Crippen molar-refractivity contribution in [3.8, 4) is 5.75 Å². The number of carboxylic acid groups (broad SMARTS) is 1. The van der Waals surface area contributed by atoms with Gasteiger partial charge >= 0.3 is 5.97 Å². The van der Waals surface area contributed by atoms with Crippen molar-refractivity contribution in [1.82, 2.24) is 4.90 Å². The summed E-state index contributed by atoms with van der Waals surface area (Å²) in [4.78, 5) is 24.7. The lowest BCUT2D eigenvalue weighted by atomic mass is 9.94. The highest BCUT2D eigenvalue weighted by atomic mass is 32.2. The molecule has 8 nitrogen and oxygen atoms in total. The molecule has 0 bridgehead atoms. The summed E-state index contributed by atoms with van der Waals surface area (Å²) in [6.45, 7) is -0.178. The van der Waals surface area contributed by atoms with Crippen molar-refractivity contribution >= 4 is 44.8 Å². The van der Waals surface area contributed by atoms with E-state index in [1.807, 2.05) is 0 Å². The van der Waals surface area contributed by atoms with Crippen LogP contribution in [0.1, 0.15) is 6.42 Å². The number of amides is 1. The van der Waals surface area contributed by atoms with Gasteiger partial charge in [0.2, 0.25) is 5.91 Å². The Balaban J connectivity index is 1.93. The lowest BCUT2D eigenvalue weighted by Crippen LogP contribution is -2.57. The number of thioether (sulfide) groups is 1. The zero-order valence-corrected chi connectivity index (χ0v) is 14.8. The van der Waals surface area contributed by atoms with Crippen LogP contribution in [0.25, 0.3) is 0 Å². The number of β-lactam (4-membered cyclic amide) rings is 1. The van der Waals surface area contributed by atoms with E-state index in [9.17, 15) is 23.1 Å². The van der Waals surface area contributed by atoms with Gasteiger partial charge in [0, 0.05) is 12.9 Å². The first kappa shape index (κ1) is 17.3. The minimum Gasteiger partial charge on any atom is -0.476 e. The summed E-state index contributed by atoms with van der Waals surface area (Å²) in [5.41, 5.74) is -0.296. The van der Waals surface area contributed by atoms with E-state index < -0.39 is 27.1 Å². The third-order valence-electron chi connectivity index (χ3n) is 3.59. The van der Waals surface area contributed by atoms with Gasteiger partial charge in [-0.3, -0.25) is 9.69 Å². The summed E-state index contributed by atoms with van der Waals surface area (Å²) < 4.78 is 29.0. The van der Waals surface area contributed by atoms with Crippen LogP contribution in [0.2, 0.25) is 0 Å². The number of sulfone groups is 1. The fourth-order valence-corrected chi connectivity index (χ4v) is 5.83. The van der Waals surface area contributed by atoms with Crippen molar-refractivity contribution in [3.63, 3.8) is 0 Å². The van der Waals surface area contributed by atoms with Gasteiger partial charge in [0.1, 0.15) is 5.37 Å². The van der Waals surface area contributed by atoms with Gasteiger partial charge in [0.25, 0.3) is 0 Å². The van der Waals surface area contributed by atoms with Crippen molar-refractivity contribution in [2.24, 2.45) is 5.92 Å². The predicted molar refractivity (Wildman–Crippen MR) is 86.1 cm³/mol. The van der Waals surface area contributed by atoms with Gasteiger partial charge in [-0.2, -0.15) is 0 Å². The maximum absolute atomic E-state index is 12.1. The number of hydrogen-bond donors (Lipinski definition) is 2. The average Bonchev–Trinajstić information content (AvgIpc) is 3.07. The Morgan fingerprint density at radius 2 is 2.17 bits per heavy atom. The van der Waals surface area contributed by atoms with Gasteiger partial charge in [-0.1, -0.05) is 11.8 Å². The number of aliphatic hydroxyl groups is 1. The maximum atomic E-state index is 12.1. The van der Waals surface area contributed by atoms with E-state index in [4.69, 9.17) is 9.84 Å². The summed E-state index contributed by atoms with van der Waals surface area (Å²) in [6, 6.07) is 1.44. The Hall–Kier alpha value is -1.56. The second-order valence-corrected chi connectivity index (χ2v) is 9.44. The average molecular weight is 391 g/mol. The van der Waals surface area contributed by atoms with Gasteiger partial charge in [-0.05, 0) is 17.9 Å². The number of carbonyl (C=O) groups is 2. The van der Waals surface area contributed by atoms with Gasteiger partial charge < -0.3 is 14.9 Å². The van der Waals surface area contributed by atoms with Gasteiger partial charge in [0.05, 0.1) is 5.92 Å². The molecule has 1 aromatic heterocycles. The number of thiophene rings is 1. The SMILES string of the molecule is CS(=O)(=O)c1sccc1OC1=C(C(=O)O)N2C(=O)[C@H](CCO)[C@H]2S1. The number of aliphatic hydroxyl groups excluding tert-OH is 1. The third kappa shape index (κ3) is 2.70. The second kappa shape index (κ2) is 6.06. The van der Waals surface area contributed by atoms with Crippen LogP contribution < -0.4 is 4.74 Å². The van der Waals surface area contributed by atoms with Crippen LogP contribution in [-0.4, -0.2) is 53.6 Å². The summed E-state index contributed by atoms with van der Waals surface area (Å²) in [5, 5.41) is 19.4. The van der Waals surface area contributed by atoms with Crippen molar-refractivity contribution in [2.75, 3.05) is 12.9 Å². The van der Waals surface area contributed by atoms with Gasteiger partial charge in [-0.25, -0.2) is 13.2 Å². The summed E-state index contributed by atoms with van der Waals surface area (Å²) in [5.74, 6) is -2.15. The van der Waals surface area contributed by atoms with Crippen molar-refractivity contribution in [2.45, 2.75) is 16.0 Å². The number of aliphatic carboxylic acids is 1. The monoisotopic (exact) mass is 391 g/mol. The topological polar surface area (TPSA) is 121 Å². The Bertz CT molecular complexity index is 842. The Kier molecular flexibility index (Phi) is 4.36. The molecule has 0 spiro atoms. The Morgan fingerprint density at radius 1 is 1.46 bits per heavy atom. The van der Waals surface area contributed by atoms with E-state index >= 15 is 0 Å². The number of ether oxygens (including phenoxy) is 1. The smallest absolute Gasteiger partial charge is 0.357 e. The number of carboxylic acids is 1. The van der Waals surface area contributed by atoms with Crippen LogP contribution in [0.3, 0.4) is 0 Å². The minimum atomic E-state index is -3.51. The van der Waals surface area contributed by atoms with Crippen LogP contribution in [0.4, 0.5) is 0 Å². The molecule has 0 saturated carbocycles. The zero-order valence-electron chi connectivity index (χ0n) is 12.3. The van der Waals surface area contributed by atoms with E-state index in [1.54, 1.807) is 0 Å². The molecule has 0 aromatic carbocycles. The molecule has 1 amide bonds. The molecule has 11 heteroatoms. The summed E-state index contributed by atoms with van der Waals surface area (Å²) >= 11 is 2.02. The van der Waals surface area contributed by atoms with E-state index in [0.29, 0.717) is 0 Å². The van der Waals surface area contributed by atoms with Crippen molar-refractivity contribution in [3.05, 3.63) is 22.2 Å². The highest BCUT2D eigenvalue weighted by Gasteiger charge is 2.56. The number of nitrogens with zero attached hydrogens (tertiary/aromatic N) is 1. The molecule has 2 N–H and O–H groups in total. The maximum Gasteiger partial charge on any atom is 0.357 e. The number of fused-ring (bicyclic) bond motifs is 1. The number of hydrogen-bond acceptors (Lipinski definition) is 8. The van der Waals surface area contributed by atoms with Gasteiger partial charge in [0.15, 0.2) is 30.6 Å². The molecule has 1 fully saturated rings. The molecular formula is C13H13NO7S3. The van der Waals surface area contributed by atoms with E-state index in [2.05, 4.69) is 0 Å². The molecule has 130 valence electrons. The quantitative estimate of drug-likeness (QED) is 0.680. The normalized spacial score (nSPS) is 23.2. The fourth-order valence-electron chi connectivity index (χ4n) is 2.56. The first-order valence-electron chi connectivity index (χ1n) is 6.79. The zero-order chi connectivity index (χ0) is 17.6. The van der Waals surface area contributed by atoms with Gasteiger partial charge in [-0.15, -0.1) is 11.3 Å². The molecule has 0 aliphatic carbocycles. The summed E-state index contributed by atoms with van der Waals surface area (Å²) in [6.07, 6.45) is 1.27. The van der Waals surface area contributed by atoms with Crippen LogP contribution in [0.5, 0.6) is 5.75 Å². The van der Waals surface area contributed by atoms with Crippen LogP contribution in [-0.2, 0) is 19.4 Å². The first-order valence-corrected chi connectivity index (χ1v) is 10.4. The largest absolute Gasteiger partial charge is 0.476 e. The van der Waals surface area contributed by atoms with Crippen LogP contribution in [0, 0.1) is 5.92 Å². The van der Waals surface area contributed by atoms with E-state index in [0.717, 1.165) is 34.3 Å². The number of carbonyl (C=O) groups excluding carboxylic acids is 1. The van der Waals surface area contributed by atoms with Crippen LogP contribution in [0.15, 0.2) is 26.4 Å².